The van der Waals surface area contributed by atoms with Gasteiger partial charge in [-0.15, -0.1) is 3.89 Å². The Kier molecular flexibility index (Phi) is 3.16. The number of methoxy groups -OCH3 is 1. The largest absolute Gasteiger partial charge is 0.481 e. The zero-order valence-electron chi connectivity index (χ0n) is 9.41. The van der Waals surface area contributed by atoms with E-state index in [1.807, 2.05) is 0 Å². The molecule has 1 atom stereocenters. The maximum atomic E-state index is 12.8. The molecule has 0 saturated carbocycles. The molecule has 2 rings (SSSR count). The van der Waals surface area contributed by atoms with E-state index in [1.54, 1.807) is 0 Å². The molecular formula is C9H10FN3O4S. The molecule has 7 nitrogen and oxygen atoms in total. The number of aromatic nitrogens is 2. The quantitative estimate of drug-likeness (QED) is 0.715. The summed E-state index contributed by atoms with van der Waals surface area (Å²) in [6, 6.07) is 1.48. The van der Waals surface area contributed by atoms with Gasteiger partial charge >= 0.3 is 10.2 Å². The van der Waals surface area contributed by atoms with Crippen LogP contribution in [0.1, 0.15) is 6.42 Å². The summed E-state index contributed by atoms with van der Waals surface area (Å²) in [5.74, 6) is -0.292. The molecule has 1 aliphatic heterocycles. The first-order valence-electron chi connectivity index (χ1n) is 5.02. The lowest BCUT2D eigenvalue weighted by molar-refractivity contribution is -0.117. The van der Waals surface area contributed by atoms with Gasteiger partial charge in [-0.3, -0.25) is 9.69 Å². The second-order valence-electron chi connectivity index (χ2n) is 3.71. The normalized spacial score (nSPS) is 20.2. The number of carbonyl (C=O) groups excluding carboxylic acids is 1. The van der Waals surface area contributed by atoms with Crippen LogP contribution in [-0.2, 0) is 15.0 Å². The molecule has 1 amide bonds. The number of hydrogen-bond donors (Lipinski definition) is 0. The second kappa shape index (κ2) is 4.48. The van der Waals surface area contributed by atoms with E-state index < -0.39 is 27.8 Å². The molecule has 1 aromatic heterocycles. The van der Waals surface area contributed by atoms with Crippen molar-refractivity contribution in [3.8, 4) is 5.88 Å². The summed E-state index contributed by atoms with van der Waals surface area (Å²) >= 11 is 0. The van der Waals surface area contributed by atoms with E-state index in [2.05, 4.69) is 9.97 Å². The van der Waals surface area contributed by atoms with Gasteiger partial charge in [-0.2, -0.15) is 13.4 Å². The summed E-state index contributed by atoms with van der Waals surface area (Å²) in [7, 11) is -3.35. The Balaban J connectivity index is 2.27. The van der Waals surface area contributed by atoms with Gasteiger partial charge in [0.15, 0.2) is 0 Å². The molecule has 0 aromatic carbocycles. The average Bonchev–Trinajstić information content (AvgIpc) is 2.71. The van der Waals surface area contributed by atoms with Crippen molar-refractivity contribution in [2.24, 2.45) is 0 Å². The molecule has 0 aliphatic carbocycles. The predicted molar refractivity (Wildman–Crippen MR) is 59.4 cm³/mol. The van der Waals surface area contributed by atoms with Gasteiger partial charge in [0.05, 0.1) is 7.11 Å². The van der Waals surface area contributed by atoms with Crippen molar-refractivity contribution in [3.05, 3.63) is 12.3 Å². The third-order valence-electron chi connectivity index (χ3n) is 2.56. The summed E-state index contributed by atoms with van der Waals surface area (Å²) in [6.07, 6.45) is 0.963. The monoisotopic (exact) mass is 275 g/mol. The van der Waals surface area contributed by atoms with Gasteiger partial charge in [0.25, 0.3) is 0 Å². The number of halogens is 1. The zero-order valence-corrected chi connectivity index (χ0v) is 10.2. The van der Waals surface area contributed by atoms with E-state index in [4.69, 9.17) is 4.74 Å². The van der Waals surface area contributed by atoms with Crippen LogP contribution in [0.4, 0.5) is 9.83 Å². The minimum absolute atomic E-state index is 0.00509. The van der Waals surface area contributed by atoms with Crippen LogP contribution in [0.15, 0.2) is 12.3 Å². The molecule has 1 aromatic rings. The van der Waals surface area contributed by atoms with Gasteiger partial charge in [-0.05, 0) is 0 Å². The minimum Gasteiger partial charge on any atom is -0.481 e. The van der Waals surface area contributed by atoms with Crippen LogP contribution in [0.2, 0.25) is 0 Å². The topological polar surface area (TPSA) is 89.5 Å². The Labute approximate surface area is 103 Å². The second-order valence-corrected chi connectivity index (χ2v) is 5.32. The number of anilines is 1. The van der Waals surface area contributed by atoms with Crippen LogP contribution < -0.4 is 9.64 Å². The van der Waals surface area contributed by atoms with Crippen molar-refractivity contribution < 1.29 is 21.8 Å². The van der Waals surface area contributed by atoms with Gasteiger partial charge in [-0.1, -0.05) is 0 Å². The lowest BCUT2D eigenvalue weighted by atomic mass is 10.4. The summed E-state index contributed by atoms with van der Waals surface area (Å²) < 4.78 is 39.2. The number of nitrogens with zero attached hydrogens (tertiary/aromatic N) is 3. The van der Waals surface area contributed by atoms with Gasteiger partial charge < -0.3 is 4.74 Å². The van der Waals surface area contributed by atoms with Crippen LogP contribution in [0.3, 0.4) is 0 Å². The van der Waals surface area contributed by atoms with E-state index in [9.17, 15) is 17.1 Å². The standard InChI is InChI=1S/C9H10FN3O4S/c1-17-7-2-3-11-9(12-7)13-5-6(4-8(13)14)18(10,15)16/h2-3,6H,4-5H2,1H3. The average molecular weight is 275 g/mol. The lowest BCUT2D eigenvalue weighted by Crippen LogP contribution is -2.28. The van der Waals surface area contributed by atoms with E-state index in [-0.39, 0.29) is 18.4 Å². The molecule has 1 aliphatic rings. The number of ether oxygens (including phenoxy) is 1. The van der Waals surface area contributed by atoms with Crippen LogP contribution in [0, 0.1) is 0 Å². The van der Waals surface area contributed by atoms with Crippen molar-refractivity contribution in [2.75, 3.05) is 18.6 Å². The molecule has 0 spiro atoms. The van der Waals surface area contributed by atoms with Gasteiger partial charge in [0, 0.05) is 25.2 Å². The Morgan fingerprint density at radius 1 is 1.56 bits per heavy atom. The molecule has 1 unspecified atom stereocenters. The molecule has 9 heteroatoms. The molecule has 0 bridgehead atoms. The Hall–Kier alpha value is -1.77. The number of rotatable bonds is 3. The lowest BCUT2D eigenvalue weighted by Gasteiger charge is -2.13. The van der Waals surface area contributed by atoms with Crippen LogP contribution in [-0.4, -0.2) is 43.2 Å². The minimum atomic E-state index is -4.74. The van der Waals surface area contributed by atoms with Crippen molar-refractivity contribution in [3.63, 3.8) is 0 Å². The highest BCUT2D eigenvalue weighted by Crippen LogP contribution is 2.24. The Bertz CT molecular complexity index is 577. The van der Waals surface area contributed by atoms with Gasteiger partial charge in [0.1, 0.15) is 5.25 Å². The number of carbonyl (C=O) groups is 1. The molecule has 1 fully saturated rings. The van der Waals surface area contributed by atoms with E-state index in [0.717, 1.165) is 4.90 Å². The smallest absolute Gasteiger partial charge is 0.307 e. The number of amides is 1. The van der Waals surface area contributed by atoms with E-state index >= 15 is 0 Å². The van der Waals surface area contributed by atoms with Gasteiger partial charge in [0.2, 0.25) is 17.7 Å². The highest BCUT2D eigenvalue weighted by Gasteiger charge is 2.40. The molecular weight excluding hydrogens is 265 g/mol. The predicted octanol–water partition coefficient (Wildman–Crippen LogP) is -0.110. The summed E-state index contributed by atoms with van der Waals surface area (Å²) in [4.78, 5) is 20.4. The van der Waals surface area contributed by atoms with E-state index in [0.29, 0.717) is 0 Å². The SMILES string of the molecule is COc1ccnc(N2CC(S(=O)(=O)F)CC2=O)n1. The summed E-state index contributed by atoms with van der Waals surface area (Å²) in [5, 5.41) is -1.36. The first-order chi connectivity index (χ1) is 8.41. The maximum Gasteiger partial charge on any atom is 0.307 e. The highest BCUT2D eigenvalue weighted by molar-refractivity contribution is 7.87. The molecule has 98 valence electrons. The molecule has 2 heterocycles. The summed E-state index contributed by atoms with van der Waals surface area (Å²) in [5.41, 5.74) is 0. The van der Waals surface area contributed by atoms with Crippen LogP contribution in [0.25, 0.3) is 0 Å². The molecule has 0 radical (unpaired) electrons. The van der Waals surface area contributed by atoms with E-state index in [1.165, 1.54) is 19.4 Å². The van der Waals surface area contributed by atoms with Crippen molar-refractivity contribution in [2.45, 2.75) is 11.7 Å². The fourth-order valence-electron chi connectivity index (χ4n) is 1.63. The van der Waals surface area contributed by atoms with Crippen molar-refractivity contribution in [1.29, 1.82) is 0 Å². The maximum absolute atomic E-state index is 12.8. The van der Waals surface area contributed by atoms with Crippen LogP contribution >= 0.6 is 0 Å². The Morgan fingerprint density at radius 3 is 2.83 bits per heavy atom. The molecule has 1 saturated heterocycles. The van der Waals surface area contributed by atoms with Gasteiger partial charge in [-0.25, -0.2) is 4.98 Å². The Morgan fingerprint density at radius 2 is 2.28 bits per heavy atom. The third-order valence-corrected chi connectivity index (χ3v) is 3.67. The van der Waals surface area contributed by atoms with Crippen LogP contribution in [0.5, 0.6) is 5.88 Å². The molecule has 18 heavy (non-hydrogen) atoms. The molecule has 0 N–H and O–H groups in total. The fraction of sp³-hybridized carbons (Fsp3) is 0.444. The highest BCUT2D eigenvalue weighted by atomic mass is 32.3. The first-order valence-corrected chi connectivity index (χ1v) is 6.47. The van der Waals surface area contributed by atoms with Crippen molar-refractivity contribution in [1.82, 2.24) is 9.97 Å². The number of hydrogen-bond acceptors (Lipinski definition) is 6. The third kappa shape index (κ3) is 2.40. The van der Waals surface area contributed by atoms with Crippen molar-refractivity contribution >= 4 is 22.1 Å². The summed E-state index contributed by atoms with van der Waals surface area (Å²) in [6.45, 7) is -0.287. The zero-order chi connectivity index (χ0) is 13.3. The first kappa shape index (κ1) is 12.7. The fourth-order valence-corrected chi connectivity index (χ4v) is 2.30.